The average Bonchev–Trinajstić information content (AvgIpc) is 2.50. The number of rotatable bonds is 6. The van der Waals surface area contributed by atoms with Gasteiger partial charge in [0.2, 0.25) is 5.91 Å². The summed E-state index contributed by atoms with van der Waals surface area (Å²) >= 11 is 0. The SMILES string of the molecule is CC(C)C(=O)Nc1ccc(N(C)C)c(CN(C(=O)NC(C)(C)C)C(C)C)c1. The highest BCUT2D eigenvalue weighted by Gasteiger charge is 2.23. The normalized spacial score (nSPS) is 11.5. The first-order chi connectivity index (χ1) is 12.3. The Kier molecular flexibility index (Phi) is 7.69. The third-order valence-electron chi connectivity index (χ3n) is 4.06. The molecule has 0 aliphatic carbocycles. The lowest BCUT2D eigenvalue weighted by Crippen LogP contribution is -2.50. The molecule has 2 N–H and O–H groups in total. The number of carbonyl (C=O) groups excluding carboxylic acids is 2. The van der Waals surface area contributed by atoms with Crippen LogP contribution < -0.4 is 15.5 Å². The van der Waals surface area contributed by atoms with E-state index in [-0.39, 0.29) is 29.4 Å². The number of benzene rings is 1. The van der Waals surface area contributed by atoms with Crippen molar-refractivity contribution in [2.75, 3.05) is 24.3 Å². The molecule has 0 unspecified atom stereocenters. The number of nitrogens with one attached hydrogen (secondary N) is 2. The highest BCUT2D eigenvalue weighted by Crippen LogP contribution is 2.25. The van der Waals surface area contributed by atoms with Gasteiger partial charge < -0.3 is 20.4 Å². The van der Waals surface area contributed by atoms with Crippen LogP contribution in [0.3, 0.4) is 0 Å². The van der Waals surface area contributed by atoms with Gasteiger partial charge in [-0.25, -0.2) is 4.79 Å². The quantitative estimate of drug-likeness (QED) is 0.787. The van der Waals surface area contributed by atoms with Crippen molar-refractivity contribution in [2.45, 2.75) is 66.6 Å². The minimum atomic E-state index is -0.304. The van der Waals surface area contributed by atoms with Gasteiger partial charge in [-0.05, 0) is 58.4 Å². The Labute approximate surface area is 164 Å². The summed E-state index contributed by atoms with van der Waals surface area (Å²) in [5.74, 6) is -0.114. The molecule has 0 saturated heterocycles. The molecule has 0 spiro atoms. The van der Waals surface area contributed by atoms with Crippen molar-refractivity contribution in [2.24, 2.45) is 5.92 Å². The molecule has 0 atom stereocenters. The van der Waals surface area contributed by atoms with Gasteiger partial charge in [0, 0.05) is 49.5 Å². The Morgan fingerprint density at radius 3 is 2.11 bits per heavy atom. The molecule has 0 saturated carbocycles. The summed E-state index contributed by atoms with van der Waals surface area (Å²) in [7, 11) is 3.94. The number of carbonyl (C=O) groups is 2. The van der Waals surface area contributed by atoms with Gasteiger partial charge in [0.1, 0.15) is 0 Å². The predicted molar refractivity (Wildman–Crippen MR) is 113 cm³/mol. The van der Waals surface area contributed by atoms with Crippen LogP contribution in [0.2, 0.25) is 0 Å². The van der Waals surface area contributed by atoms with Gasteiger partial charge in [-0.1, -0.05) is 13.8 Å². The van der Waals surface area contributed by atoms with E-state index in [1.54, 1.807) is 0 Å². The Balaban J connectivity index is 3.18. The van der Waals surface area contributed by atoms with E-state index in [2.05, 4.69) is 10.6 Å². The van der Waals surface area contributed by atoms with Crippen LogP contribution in [0.1, 0.15) is 54.0 Å². The number of urea groups is 1. The van der Waals surface area contributed by atoms with E-state index in [9.17, 15) is 9.59 Å². The zero-order valence-electron chi connectivity index (χ0n) is 18.3. The summed E-state index contributed by atoms with van der Waals surface area (Å²) in [5, 5.41) is 5.98. The Morgan fingerprint density at radius 1 is 1.07 bits per heavy atom. The number of hydrogen-bond donors (Lipinski definition) is 2. The summed E-state index contributed by atoms with van der Waals surface area (Å²) in [6.07, 6.45) is 0. The molecule has 6 heteroatoms. The fraction of sp³-hybridized carbons (Fsp3) is 0.619. The van der Waals surface area contributed by atoms with Crippen LogP contribution in [0.4, 0.5) is 16.2 Å². The highest BCUT2D eigenvalue weighted by molar-refractivity contribution is 5.92. The van der Waals surface area contributed by atoms with E-state index >= 15 is 0 Å². The Morgan fingerprint density at radius 2 is 1.67 bits per heavy atom. The first kappa shape index (κ1) is 22.8. The lowest BCUT2D eigenvalue weighted by Gasteiger charge is -2.32. The second-order valence-corrected chi connectivity index (χ2v) is 8.78. The van der Waals surface area contributed by atoms with E-state index < -0.39 is 0 Å². The molecule has 1 aromatic carbocycles. The molecular weight excluding hydrogens is 340 g/mol. The maximum Gasteiger partial charge on any atom is 0.318 e. The number of anilines is 2. The van der Waals surface area contributed by atoms with Gasteiger partial charge in [-0.15, -0.1) is 0 Å². The van der Waals surface area contributed by atoms with Crippen LogP contribution in [-0.4, -0.2) is 42.5 Å². The summed E-state index contributed by atoms with van der Waals surface area (Å²) in [4.78, 5) is 28.6. The van der Waals surface area contributed by atoms with Crippen molar-refractivity contribution in [3.63, 3.8) is 0 Å². The van der Waals surface area contributed by atoms with Crippen LogP contribution in [0.15, 0.2) is 18.2 Å². The number of amides is 3. The van der Waals surface area contributed by atoms with E-state index in [1.165, 1.54) is 0 Å². The summed E-state index contributed by atoms with van der Waals surface area (Å²) in [6.45, 7) is 14.1. The average molecular weight is 377 g/mol. The molecule has 1 aromatic rings. The Hall–Kier alpha value is -2.24. The minimum absolute atomic E-state index is 0.0234. The third-order valence-corrected chi connectivity index (χ3v) is 4.06. The topological polar surface area (TPSA) is 64.7 Å². The largest absolute Gasteiger partial charge is 0.377 e. The molecule has 0 aliphatic rings. The maximum absolute atomic E-state index is 12.8. The second kappa shape index (κ2) is 9.11. The lowest BCUT2D eigenvalue weighted by molar-refractivity contribution is -0.118. The van der Waals surface area contributed by atoms with Crippen molar-refractivity contribution in [3.05, 3.63) is 23.8 Å². The molecule has 27 heavy (non-hydrogen) atoms. The van der Waals surface area contributed by atoms with E-state index in [1.807, 2.05) is 90.6 Å². The summed E-state index contributed by atoms with van der Waals surface area (Å²) < 4.78 is 0. The first-order valence-electron chi connectivity index (χ1n) is 9.51. The van der Waals surface area contributed by atoms with Crippen LogP contribution in [-0.2, 0) is 11.3 Å². The molecule has 0 fully saturated rings. The molecule has 0 aromatic heterocycles. The van der Waals surface area contributed by atoms with E-state index in [0.29, 0.717) is 6.54 Å². The van der Waals surface area contributed by atoms with Crippen molar-refractivity contribution in [3.8, 4) is 0 Å². The molecule has 152 valence electrons. The molecule has 0 radical (unpaired) electrons. The molecule has 0 bridgehead atoms. The van der Waals surface area contributed by atoms with Gasteiger partial charge in [0.15, 0.2) is 0 Å². The highest BCUT2D eigenvalue weighted by atomic mass is 16.2. The summed E-state index contributed by atoms with van der Waals surface area (Å²) in [6, 6.07) is 5.77. The van der Waals surface area contributed by atoms with Crippen molar-refractivity contribution in [1.82, 2.24) is 10.2 Å². The first-order valence-corrected chi connectivity index (χ1v) is 9.51. The molecule has 0 aliphatic heterocycles. The van der Waals surface area contributed by atoms with Crippen LogP contribution >= 0.6 is 0 Å². The second-order valence-electron chi connectivity index (χ2n) is 8.78. The monoisotopic (exact) mass is 376 g/mol. The van der Waals surface area contributed by atoms with Crippen LogP contribution in [0, 0.1) is 5.92 Å². The van der Waals surface area contributed by atoms with Crippen molar-refractivity contribution < 1.29 is 9.59 Å². The van der Waals surface area contributed by atoms with Crippen LogP contribution in [0.25, 0.3) is 0 Å². The van der Waals surface area contributed by atoms with Gasteiger partial charge >= 0.3 is 6.03 Å². The zero-order chi connectivity index (χ0) is 20.9. The van der Waals surface area contributed by atoms with Crippen molar-refractivity contribution >= 4 is 23.3 Å². The number of hydrogen-bond acceptors (Lipinski definition) is 3. The fourth-order valence-electron chi connectivity index (χ4n) is 2.58. The molecule has 3 amide bonds. The minimum Gasteiger partial charge on any atom is -0.377 e. The Bertz CT molecular complexity index is 661. The maximum atomic E-state index is 12.8. The molecular formula is C21H36N4O2. The van der Waals surface area contributed by atoms with Crippen LogP contribution in [0.5, 0.6) is 0 Å². The van der Waals surface area contributed by atoms with E-state index in [4.69, 9.17) is 0 Å². The van der Waals surface area contributed by atoms with Gasteiger partial charge in [0.05, 0.1) is 0 Å². The summed E-state index contributed by atoms with van der Waals surface area (Å²) in [5.41, 5.74) is 2.45. The lowest BCUT2D eigenvalue weighted by atomic mass is 10.1. The van der Waals surface area contributed by atoms with Crippen molar-refractivity contribution in [1.29, 1.82) is 0 Å². The molecule has 0 heterocycles. The fourth-order valence-corrected chi connectivity index (χ4v) is 2.58. The smallest absolute Gasteiger partial charge is 0.318 e. The van der Waals surface area contributed by atoms with Gasteiger partial charge in [-0.3, -0.25) is 4.79 Å². The zero-order valence-corrected chi connectivity index (χ0v) is 18.3. The van der Waals surface area contributed by atoms with E-state index in [0.717, 1.165) is 16.9 Å². The third kappa shape index (κ3) is 7.12. The number of nitrogens with zero attached hydrogens (tertiary/aromatic N) is 2. The van der Waals surface area contributed by atoms with Gasteiger partial charge in [-0.2, -0.15) is 0 Å². The molecule has 6 nitrogen and oxygen atoms in total. The van der Waals surface area contributed by atoms with Gasteiger partial charge in [0.25, 0.3) is 0 Å². The standard InChI is InChI=1S/C21H36N4O2/c1-14(2)19(26)22-17-10-11-18(24(8)9)16(12-17)13-25(15(3)4)20(27)23-21(5,6)7/h10-12,14-15H,13H2,1-9H3,(H,22,26)(H,23,27). The predicted octanol–water partition coefficient (Wildman–Crippen LogP) is 4.07. The molecule has 1 rings (SSSR count).